The van der Waals surface area contributed by atoms with Gasteiger partial charge in [-0.05, 0) is 25.0 Å². The van der Waals surface area contributed by atoms with Crippen molar-refractivity contribution in [2.24, 2.45) is 11.8 Å². The molecular formula is C17H18F2N2O4. The lowest BCUT2D eigenvalue weighted by atomic mass is 9.81. The molecule has 1 aromatic rings. The molecule has 1 N–H and O–H groups in total. The van der Waals surface area contributed by atoms with Crippen LogP contribution in [0.25, 0.3) is 0 Å². The Balaban J connectivity index is 1.67. The maximum Gasteiger partial charge on any atom is 0.387 e. The fraction of sp³-hybridized carbons (Fsp3) is 0.471. The van der Waals surface area contributed by atoms with Crippen LogP contribution < -0.4 is 10.1 Å². The number of fused-ring (bicyclic) bond motifs is 1. The van der Waals surface area contributed by atoms with E-state index in [1.807, 2.05) is 0 Å². The van der Waals surface area contributed by atoms with Crippen molar-refractivity contribution in [3.8, 4) is 5.75 Å². The summed E-state index contributed by atoms with van der Waals surface area (Å²) < 4.78 is 29.2. The van der Waals surface area contributed by atoms with Crippen LogP contribution in [0.3, 0.4) is 0 Å². The Kier molecular flexibility index (Phi) is 4.96. The molecule has 1 aliphatic heterocycles. The molecule has 1 saturated heterocycles. The number of carbonyl (C=O) groups excluding carboxylic acids is 3. The van der Waals surface area contributed by atoms with Crippen molar-refractivity contribution in [2.75, 3.05) is 11.9 Å². The van der Waals surface area contributed by atoms with E-state index in [2.05, 4.69) is 10.1 Å². The molecular weight excluding hydrogens is 334 g/mol. The van der Waals surface area contributed by atoms with Crippen LogP contribution in [0.1, 0.15) is 25.7 Å². The number of para-hydroxylation sites is 2. The molecule has 3 amide bonds. The highest BCUT2D eigenvalue weighted by Crippen LogP contribution is 2.38. The first-order chi connectivity index (χ1) is 12.0. The average molecular weight is 352 g/mol. The first-order valence-corrected chi connectivity index (χ1v) is 8.16. The SMILES string of the molecule is O=C(CN1C(=O)C2CCCCC2C1=O)Nc1ccccc1OC(F)F. The van der Waals surface area contributed by atoms with E-state index in [9.17, 15) is 23.2 Å². The van der Waals surface area contributed by atoms with Gasteiger partial charge in [-0.1, -0.05) is 25.0 Å². The number of hydrogen-bond acceptors (Lipinski definition) is 4. The van der Waals surface area contributed by atoms with Gasteiger partial charge in [0.1, 0.15) is 12.3 Å². The van der Waals surface area contributed by atoms with E-state index in [4.69, 9.17) is 0 Å². The lowest BCUT2D eigenvalue weighted by molar-refractivity contribution is -0.142. The molecule has 2 unspecified atom stereocenters. The second-order valence-electron chi connectivity index (χ2n) is 6.18. The molecule has 1 saturated carbocycles. The largest absolute Gasteiger partial charge is 0.433 e. The van der Waals surface area contributed by atoms with Crippen LogP contribution in [-0.4, -0.2) is 35.8 Å². The van der Waals surface area contributed by atoms with Crippen molar-refractivity contribution < 1.29 is 27.9 Å². The highest BCUT2D eigenvalue weighted by Gasteiger charge is 2.48. The van der Waals surface area contributed by atoms with E-state index < -0.39 is 19.1 Å². The number of carbonyl (C=O) groups is 3. The third-order valence-electron chi connectivity index (χ3n) is 4.61. The Hall–Kier alpha value is -2.51. The number of alkyl halides is 2. The molecule has 0 bridgehead atoms. The summed E-state index contributed by atoms with van der Waals surface area (Å²) in [5.41, 5.74) is 0.0595. The molecule has 1 aromatic carbocycles. The molecule has 6 nitrogen and oxygen atoms in total. The van der Waals surface area contributed by atoms with Gasteiger partial charge in [-0.2, -0.15) is 8.78 Å². The Morgan fingerprint density at radius 3 is 2.36 bits per heavy atom. The van der Waals surface area contributed by atoms with E-state index in [0.717, 1.165) is 17.7 Å². The van der Waals surface area contributed by atoms with Crippen molar-refractivity contribution in [2.45, 2.75) is 32.3 Å². The summed E-state index contributed by atoms with van der Waals surface area (Å²) in [6.45, 7) is -3.45. The number of nitrogens with one attached hydrogen (secondary N) is 1. The zero-order chi connectivity index (χ0) is 18.0. The van der Waals surface area contributed by atoms with Crippen molar-refractivity contribution >= 4 is 23.4 Å². The zero-order valence-corrected chi connectivity index (χ0v) is 13.4. The van der Waals surface area contributed by atoms with Crippen LogP contribution in [0, 0.1) is 11.8 Å². The number of likely N-dealkylation sites (tertiary alicyclic amines) is 1. The number of rotatable bonds is 5. The lowest BCUT2D eigenvalue weighted by Crippen LogP contribution is -2.38. The highest BCUT2D eigenvalue weighted by atomic mass is 19.3. The van der Waals surface area contributed by atoms with E-state index in [-0.39, 0.29) is 35.1 Å². The first kappa shape index (κ1) is 17.3. The quantitative estimate of drug-likeness (QED) is 0.826. The average Bonchev–Trinajstić information content (AvgIpc) is 2.82. The van der Waals surface area contributed by atoms with Crippen molar-refractivity contribution in [3.63, 3.8) is 0 Å². The van der Waals surface area contributed by atoms with Crippen LogP contribution in [0.5, 0.6) is 5.75 Å². The van der Waals surface area contributed by atoms with E-state index in [1.54, 1.807) is 6.07 Å². The Morgan fingerprint density at radius 1 is 1.16 bits per heavy atom. The number of hydrogen-bond donors (Lipinski definition) is 1. The molecule has 8 heteroatoms. The van der Waals surface area contributed by atoms with Gasteiger partial charge in [-0.15, -0.1) is 0 Å². The molecule has 2 fully saturated rings. The molecule has 3 rings (SSSR count). The number of nitrogens with zero attached hydrogens (tertiary/aromatic N) is 1. The number of imide groups is 1. The Morgan fingerprint density at radius 2 is 1.76 bits per heavy atom. The maximum atomic E-state index is 12.4. The van der Waals surface area contributed by atoms with Gasteiger partial charge >= 0.3 is 6.61 Å². The van der Waals surface area contributed by atoms with Crippen LogP contribution in [0.2, 0.25) is 0 Å². The molecule has 0 spiro atoms. The van der Waals surface area contributed by atoms with E-state index in [0.29, 0.717) is 12.8 Å². The topological polar surface area (TPSA) is 75.7 Å². The number of anilines is 1. The molecule has 0 radical (unpaired) electrons. The summed E-state index contributed by atoms with van der Waals surface area (Å²) in [5, 5.41) is 2.42. The number of halogens is 2. The highest BCUT2D eigenvalue weighted by molar-refractivity contribution is 6.08. The lowest BCUT2D eigenvalue weighted by Gasteiger charge is -2.19. The normalized spacial score (nSPS) is 22.9. The Bertz CT molecular complexity index is 671. The summed E-state index contributed by atoms with van der Waals surface area (Å²) in [7, 11) is 0. The van der Waals surface area contributed by atoms with Crippen LogP contribution >= 0.6 is 0 Å². The fourth-order valence-corrected chi connectivity index (χ4v) is 3.49. The molecule has 2 atom stereocenters. The summed E-state index contributed by atoms with van der Waals surface area (Å²) in [4.78, 5) is 37.9. The van der Waals surface area contributed by atoms with Gasteiger partial charge < -0.3 is 10.1 Å². The molecule has 0 aromatic heterocycles. The predicted molar refractivity (Wildman–Crippen MR) is 83.9 cm³/mol. The predicted octanol–water partition coefficient (Wildman–Crippen LogP) is 2.40. The second-order valence-corrected chi connectivity index (χ2v) is 6.18. The first-order valence-electron chi connectivity index (χ1n) is 8.16. The van der Waals surface area contributed by atoms with Crippen LogP contribution in [0.15, 0.2) is 24.3 Å². The maximum absolute atomic E-state index is 12.4. The van der Waals surface area contributed by atoms with Crippen molar-refractivity contribution in [1.82, 2.24) is 4.90 Å². The molecule has 134 valence electrons. The van der Waals surface area contributed by atoms with Gasteiger partial charge in [0.05, 0.1) is 17.5 Å². The molecule has 2 aliphatic rings. The van der Waals surface area contributed by atoms with Gasteiger partial charge in [0.15, 0.2) is 0 Å². The van der Waals surface area contributed by atoms with Gasteiger partial charge in [-0.3, -0.25) is 19.3 Å². The molecule has 1 aliphatic carbocycles. The standard InChI is InChI=1S/C17H18F2N2O4/c18-17(19)25-13-8-4-3-7-12(13)20-14(22)9-21-15(23)10-5-1-2-6-11(10)16(21)24/h3-4,7-8,10-11,17H,1-2,5-6,9H2,(H,20,22). The number of amides is 3. The minimum atomic E-state index is -3.03. The van der Waals surface area contributed by atoms with Crippen LogP contribution in [0.4, 0.5) is 14.5 Å². The van der Waals surface area contributed by atoms with Gasteiger partial charge in [0.25, 0.3) is 0 Å². The summed E-state index contributed by atoms with van der Waals surface area (Å²) in [6, 6.07) is 5.74. The van der Waals surface area contributed by atoms with Crippen molar-refractivity contribution in [3.05, 3.63) is 24.3 Å². The van der Waals surface area contributed by atoms with Crippen LogP contribution in [-0.2, 0) is 14.4 Å². The number of ether oxygens (including phenoxy) is 1. The smallest absolute Gasteiger partial charge is 0.387 e. The minimum Gasteiger partial charge on any atom is -0.433 e. The summed E-state index contributed by atoms with van der Waals surface area (Å²) in [6.07, 6.45) is 3.13. The third kappa shape index (κ3) is 3.62. The summed E-state index contributed by atoms with van der Waals surface area (Å²) in [5.74, 6) is -2.11. The van der Waals surface area contributed by atoms with Gasteiger partial charge in [0, 0.05) is 0 Å². The molecule has 25 heavy (non-hydrogen) atoms. The van der Waals surface area contributed by atoms with Gasteiger partial charge in [0.2, 0.25) is 17.7 Å². The van der Waals surface area contributed by atoms with E-state index >= 15 is 0 Å². The van der Waals surface area contributed by atoms with Gasteiger partial charge in [-0.25, -0.2) is 0 Å². The molecule has 1 heterocycles. The number of benzene rings is 1. The second kappa shape index (κ2) is 7.16. The summed E-state index contributed by atoms with van der Waals surface area (Å²) >= 11 is 0. The van der Waals surface area contributed by atoms with Crippen molar-refractivity contribution in [1.29, 1.82) is 0 Å². The Labute approximate surface area is 143 Å². The third-order valence-corrected chi connectivity index (χ3v) is 4.61. The fourth-order valence-electron chi connectivity index (χ4n) is 3.49. The zero-order valence-electron chi connectivity index (χ0n) is 13.4. The van der Waals surface area contributed by atoms with E-state index in [1.165, 1.54) is 18.2 Å². The monoisotopic (exact) mass is 352 g/mol. The minimum absolute atomic E-state index is 0.0595.